The Morgan fingerprint density at radius 3 is 2.27 bits per heavy atom. The minimum absolute atomic E-state index is 0.0198. The molecule has 3 aliphatic rings. The smallest absolute Gasteiger partial charge is 0.307 e. The first-order chi connectivity index (χ1) is 31.2. The highest BCUT2D eigenvalue weighted by Crippen LogP contribution is 2.42. The van der Waals surface area contributed by atoms with Crippen molar-refractivity contribution in [3.05, 3.63) is 79.5 Å². The first-order valence-corrected chi connectivity index (χ1v) is 22.1. The fraction of sp³-hybridized carbons (Fsp3) is 0.490. The van der Waals surface area contributed by atoms with Crippen LogP contribution < -0.4 is 31.0 Å². The number of aromatic hydroxyl groups is 1. The van der Waals surface area contributed by atoms with E-state index in [2.05, 4.69) is 5.32 Å². The molecule has 1 aromatic heterocycles. The van der Waals surface area contributed by atoms with Gasteiger partial charge in [0.25, 0.3) is 5.91 Å². The largest absolute Gasteiger partial charge is 0.507 e. The summed E-state index contributed by atoms with van der Waals surface area (Å²) in [6, 6.07) is 3.09. The van der Waals surface area contributed by atoms with Crippen molar-refractivity contribution in [1.82, 2.24) is 4.98 Å². The number of anilines is 2. The predicted molar refractivity (Wildman–Crippen MR) is 247 cm³/mol. The molecule has 0 aliphatic carbocycles. The van der Waals surface area contributed by atoms with E-state index in [4.69, 9.17) is 33.1 Å². The number of esters is 1. The van der Waals surface area contributed by atoms with Crippen molar-refractivity contribution in [3.8, 4) is 11.5 Å². The van der Waals surface area contributed by atoms with Gasteiger partial charge >= 0.3 is 11.8 Å². The molecule has 5 N–H and O–H groups in total. The molecule has 354 valence electrons. The maximum atomic E-state index is 14.8. The Morgan fingerprint density at radius 1 is 0.924 bits per heavy atom. The second kappa shape index (κ2) is 18.7. The first kappa shape index (κ1) is 47.9. The molecule has 3 aromatic carbocycles. The summed E-state index contributed by atoms with van der Waals surface area (Å²) >= 11 is 0. The van der Waals surface area contributed by atoms with E-state index >= 15 is 0 Å². The number of carbonyl (C=O) groups excluding carboxylic acids is 2. The van der Waals surface area contributed by atoms with Crippen molar-refractivity contribution in [1.29, 1.82) is 0 Å². The number of fused-ring (bicyclic) bond motifs is 5. The Kier molecular flexibility index (Phi) is 13.6. The van der Waals surface area contributed by atoms with Crippen LogP contribution in [0.2, 0.25) is 0 Å². The van der Waals surface area contributed by atoms with E-state index in [0.717, 1.165) is 12.8 Å². The van der Waals surface area contributed by atoms with Crippen LogP contribution in [0.5, 0.6) is 11.5 Å². The molecule has 9 atom stereocenters. The first-order valence-electron chi connectivity index (χ1n) is 22.1. The number of nitrogens with zero attached hydrogens (tertiary/aromatic N) is 2. The number of aliphatic hydroxyl groups excluding tert-OH is 3. The van der Waals surface area contributed by atoms with Crippen LogP contribution in [0.1, 0.15) is 66.9 Å². The lowest BCUT2D eigenvalue weighted by atomic mass is 9.78. The molecule has 66 heavy (non-hydrogen) atoms. The fourth-order valence-electron chi connectivity index (χ4n) is 9.41. The van der Waals surface area contributed by atoms with Crippen LogP contribution in [0.25, 0.3) is 38.7 Å². The van der Waals surface area contributed by atoms with Crippen LogP contribution in [0.15, 0.2) is 62.3 Å². The zero-order valence-electron chi connectivity index (χ0n) is 38.8. The van der Waals surface area contributed by atoms with E-state index in [-0.39, 0.29) is 66.9 Å². The number of hydrogen-bond acceptors (Lipinski definition) is 16. The molecule has 4 aromatic rings. The molecule has 1 amide bonds. The third kappa shape index (κ3) is 8.60. The molecule has 17 heteroatoms. The molecule has 0 radical (unpaired) electrons. The van der Waals surface area contributed by atoms with Crippen LogP contribution in [0.4, 0.5) is 11.4 Å². The molecular formula is C49H59N3O14. The summed E-state index contributed by atoms with van der Waals surface area (Å²) in [4.78, 5) is 62.0. The van der Waals surface area contributed by atoms with Crippen LogP contribution in [0.3, 0.4) is 0 Å². The highest BCUT2D eigenvalue weighted by atomic mass is 16.7. The van der Waals surface area contributed by atoms with E-state index in [1.807, 2.05) is 4.90 Å². The third-order valence-electron chi connectivity index (χ3n) is 13.6. The number of phenols is 1. The van der Waals surface area contributed by atoms with Gasteiger partial charge in [0.2, 0.25) is 10.9 Å². The van der Waals surface area contributed by atoms with Gasteiger partial charge in [-0.15, -0.1) is 0 Å². The maximum absolute atomic E-state index is 14.8. The van der Waals surface area contributed by atoms with Crippen LogP contribution in [-0.2, 0) is 28.5 Å². The van der Waals surface area contributed by atoms with Crippen LogP contribution >= 0.6 is 0 Å². The van der Waals surface area contributed by atoms with Crippen molar-refractivity contribution >= 4 is 62.0 Å². The molecule has 1 fully saturated rings. The summed E-state index contributed by atoms with van der Waals surface area (Å²) in [7, 11) is 3.10. The number of aromatic nitrogens is 1. The van der Waals surface area contributed by atoms with Crippen molar-refractivity contribution in [2.75, 3.05) is 37.5 Å². The Hall–Kier alpha value is -6.01. The van der Waals surface area contributed by atoms with Gasteiger partial charge in [0, 0.05) is 99.2 Å². The number of rotatable bonds is 4. The number of nitrogens with one attached hydrogen (secondary N) is 1. The van der Waals surface area contributed by atoms with Gasteiger partial charge in [-0.1, -0.05) is 45.9 Å². The highest BCUT2D eigenvalue weighted by molar-refractivity contribution is 6.16. The summed E-state index contributed by atoms with van der Waals surface area (Å²) in [5, 5.41) is 49.2. The molecular weight excluding hydrogens is 855 g/mol. The number of aliphatic hydroxyl groups is 3. The molecule has 17 nitrogen and oxygen atoms in total. The second-order valence-corrected chi connectivity index (χ2v) is 18.0. The number of hydrogen-bond donors (Lipinski definition) is 5. The van der Waals surface area contributed by atoms with Crippen molar-refractivity contribution < 1.29 is 58.1 Å². The van der Waals surface area contributed by atoms with Gasteiger partial charge in [0.1, 0.15) is 28.8 Å². The number of allylic oxidation sites excluding steroid dienone is 2. The molecule has 0 unspecified atom stereocenters. The average Bonchev–Trinajstić information content (AvgIpc) is 3.56. The third-order valence-corrected chi connectivity index (χ3v) is 13.6. The standard InChI is InChI=1S/C49H59N3O14/c1-22-12-11-13-23(2)48(60)51-39-43(58)35-34(38-46(39)65-33-21-29(20-31(54)37(33)50-38)52-17-14-30(61-9)15-18-52)36-45(27(6)42(35)57)66-49(8,47(36)59)63-19-16-32(62-10)24(3)44(64-28(7)53)26(5)41(56)25(4)40(22)55/h11-13,16,19-22,24-26,30,32,40-41,44,55-57,59H,14-15,17-18H2,1-10H3,(H,51,60)/b12-11+,19-16+,23-13-/t22-,24+,25+,26+,32-,40-,41+,44+,49-/m0/s1. The Balaban J connectivity index is 1.47. The lowest BCUT2D eigenvalue weighted by Gasteiger charge is -2.38. The Labute approximate surface area is 380 Å². The van der Waals surface area contributed by atoms with E-state index < -0.39 is 88.1 Å². The van der Waals surface area contributed by atoms with Gasteiger partial charge in [0.15, 0.2) is 22.4 Å². The van der Waals surface area contributed by atoms with Gasteiger partial charge in [0.05, 0.1) is 41.3 Å². The average molecular weight is 914 g/mol. The molecule has 0 saturated carbocycles. The SMILES string of the molecule is COC1CCN(c2cc(=O)c3nc4c(oc3c2)c2c(=O)c3c(O)c(C)c5c(c34)=C(O)[C@@](C)(O/C=C/[C@H](OC)[C@@H](C)[C@@H](OC(C)=O)[C@H](C)[C@H](O)[C@H](C)[C@@H](O)[C@@H](C)/C=C/C=C(/C)C(=O)N2)O5)CC1. The monoisotopic (exact) mass is 913 g/mol. The van der Waals surface area contributed by atoms with Gasteiger partial charge in [-0.25, -0.2) is 4.98 Å². The van der Waals surface area contributed by atoms with E-state index in [1.165, 1.54) is 59.3 Å². The minimum atomic E-state index is -1.98. The van der Waals surface area contributed by atoms with Gasteiger partial charge < -0.3 is 58.7 Å². The Bertz CT molecular complexity index is 2850. The lowest BCUT2D eigenvalue weighted by Crippen LogP contribution is -2.46. The molecule has 3 aliphatic heterocycles. The summed E-state index contributed by atoms with van der Waals surface area (Å²) in [5.41, 5.74) is -1.49. The molecule has 5 bridgehead atoms. The summed E-state index contributed by atoms with van der Waals surface area (Å²) in [6.07, 6.45) is 5.08. The zero-order valence-corrected chi connectivity index (χ0v) is 38.8. The maximum Gasteiger partial charge on any atom is 0.307 e. The lowest BCUT2D eigenvalue weighted by molar-refractivity contribution is -0.160. The van der Waals surface area contributed by atoms with Gasteiger partial charge in [-0.05, 0) is 32.8 Å². The molecule has 0 spiro atoms. The van der Waals surface area contributed by atoms with Gasteiger partial charge in [-0.3, -0.25) is 19.2 Å². The number of ether oxygens (including phenoxy) is 5. The van der Waals surface area contributed by atoms with Crippen LogP contribution in [-0.4, -0.2) is 101 Å². The Morgan fingerprint density at radius 2 is 1.62 bits per heavy atom. The second-order valence-electron chi connectivity index (χ2n) is 18.0. The molecule has 7 rings (SSSR count). The number of carbonyl (C=O) groups is 2. The normalized spacial score (nSPS) is 29.9. The summed E-state index contributed by atoms with van der Waals surface area (Å²) in [6.45, 7) is 13.8. The quantitative estimate of drug-likeness (QED) is 0.101. The summed E-state index contributed by atoms with van der Waals surface area (Å²) < 4.78 is 36.0. The highest BCUT2D eigenvalue weighted by Gasteiger charge is 2.44. The van der Waals surface area contributed by atoms with Crippen LogP contribution in [0, 0.1) is 30.6 Å². The van der Waals surface area contributed by atoms with Crippen molar-refractivity contribution in [2.24, 2.45) is 23.7 Å². The number of amides is 1. The van der Waals surface area contributed by atoms with E-state index in [0.29, 0.717) is 18.8 Å². The molecule has 4 heterocycles. The van der Waals surface area contributed by atoms with Gasteiger partial charge in [-0.2, -0.15) is 0 Å². The fourth-order valence-corrected chi connectivity index (χ4v) is 9.41. The topological polar surface area (TPSA) is 237 Å². The summed E-state index contributed by atoms with van der Waals surface area (Å²) in [5.74, 6) is -6.97. The van der Waals surface area contributed by atoms with Crippen molar-refractivity contribution in [2.45, 2.75) is 105 Å². The number of benzene rings is 3. The zero-order chi connectivity index (χ0) is 48.1. The molecule has 1 saturated heterocycles. The van der Waals surface area contributed by atoms with E-state index in [9.17, 15) is 39.6 Å². The number of phenolic OH excluding ortho intramolecular Hbond substituents is 1. The number of piperidine rings is 1. The van der Waals surface area contributed by atoms with Crippen molar-refractivity contribution in [3.63, 3.8) is 0 Å². The number of methoxy groups -OCH3 is 2. The minimum Gasteiger partial charge on any atom is -0.507 e. The predicted octanol–water partition coefficient (Wildman–Crippen LogP) is 5.18. The van der Waals surface area contributed by atoms with E-state index in [1.54, 1.807) is 53.0 Å².